The number of carbonyl (C=O) groups excluding carboxylic acids is 1. The van der Waals surface area contributed by atoms with E-state index in [0.717, 1.165) is 12.8 Å². The molecule has 102 valence electrons. The molecule has 2 heterocycles. The fourth-order valence-electron chi connectivity index (χ4n) is 2.91. The summed E-state index contributed by atoms with van der Waals surface area (Å²) in [4.78, 5) is 25.0. The molecule has 0 aromatic rings. The third kappa shape index (κ3) is 2.66. The molecule has 0 bridgehead atoms. The molecular weight excluding hydrogens is 234 g/mol. The van der Waals surface area contributed by atoms with Crippen LogP contribution in [0.2, 0.25) is 0 Å². The summed E-state index contributed by atoms with van der Waals surface area (Å²) in [5, 5.41) is 8.93. The number of carboxylic acid groups (broad SMARTS) is 1. The Morgan fingerprint density at radius 1 is 1.28 bits per heavy atom. The Kier molecular flexibility index (Phi) is 4.22. The molecule has 0 aliphatic carbocycles. The normalized spacial score (nSPS) is 29.5. The molecule has 0 spiro atoms. The van der Waals surface area contributed by atoms with Gasteiger partial charge in [-0.05, 0) is 25.7 Å². The van der Waals surface area contributed by atoms with Crippen molar-refractivity contribution in [3.05, 3.63) is 0 Å². The molecular formula is C13H21NO4. The predicted octanol–water partition coefficient (Wildman–Crippen LogP) is 1.12. The summed E-state index contributed by atoms with van der Waals surface area (Å²) >= 11 is 0. The van der Waals surface area contributed by atoms with Crippen molar-refractivity contribution >= 4 is 11.9 Å². The van der Waals surface area contributed by atoms with Crippen molar-refractivity contribution in [3.8, 4) is 0 Å². The quantitative estimate of drug-likeness (QED) is 0.820. The van der Waals surface area contributed by atoms with E-state index in [1.54, 1.807) is 0 Å². The van der Waals surface area contributed by atoms with Crippen LogP contribution in [0.3, 0.4) is 0 Å². The summed E-state index contributed by atoms with van der Waals surface area (Å²) in [6.45, 7) is 3.85. The van der Waals surface area contributed by atoms with Gasteiger partial charge in [0.05, 0.1) is 17.9 Å². The molecule has 5 nitrogen and oxygen atoms in total. The van der Waals surface area contributed by atoms with Crippen molar-refractivity contribution in [2.75, 3.05) is 19.7 Å². The van der Waals surface area contributed by atoms with Crippen LogP contribution >= 0.6 is 0 Å². The number of piperidine rings is 1. The highest BCUT2D eigenvalue weighted by molar-refractivity contribution is 5.80. The zero-order chi connectivity index (χ0) is 13.1. The largest absolute Gasteiger partial charge is 0.481 e. The molecule has 2 aliphatic rings. The first-order chi connectivity index (χ1) is 8.63. The fourth-order valence-corrected chi connectivity index (χ4v) is 2.91. The lowest BCUT2D eigenvalue weighted by atomic mass is 9.93. The van der Waals surface area contributed by atoms with Gasteiger partial charge in [-0.2, -0.15) is 0 Å². The van der Waals surface area contributed by atoms with Gasteiger partial charge in [0.15, 0.2) is 0 Å². The second-order valence-electron chi connectivity index (χ2n) is 5.15. The zero-order valence-corrected chi connectivity index (χ0v) is 10.8. The van der Waals surface area contributed by atoms with Gasteiger partial charge in [-0.15, -0.1) is 0 Å². The molecule has 1 amide bonds. The van der Waals surface area contributed by atoms with Gasteiger partial charge < -0.3 is 14.7 Å². The maximum absolute atomic E-state index is 12.3. The summed E-state index contributed by atoms with van der Waals surface area (Å²) in [5.41, 5.74) is 0. The van der Waals surface area contributed by atoms with Gasteiger partial charge >= 0.3 is 5.97 Å². The number of carboxylic acids is 1. The molecule has 2 fully saturated rings. The molecule has 5 heteroatoms. The summed E-state index contributed by atoms with van der Waals surface area (Å²) in [6.07, 6.45) is 2.87. The van der Waals surface area contributed by atoms with Crippen molar-refractivity contribution < 1.29 is 19.4 Å². The van der Waals surface area contributed by atoms with Gasteiger partial charge in [-0.1, -0.05) is 6.92 Å². The average molecular weight is 255 g/mol. The van der Waals surface area contributed by atoms with Crippen molar-refractivity contribution in [1.82, 2.24) is 4.90 Å². The third-order valence-corrected chi connectivity index (χ3v) is 4.09. The number of hydrogen-bond donors (Lipinski definition) is 1. The Morgan fingerprint density at radius 2 is 1.94 bits per heavy atom. The van der Waals surface area contributed by atoms with E-state index in [9.17, 15) is 9.59 Å². The van der Waals surface area contributed by atoms with E-state index in [2.05, 4.69) is 0 Å². The minimum Gasteiger partial charge on any atom is -0.481 e. The number of hydrogen-bond acceptors (Lipinski definition) is 3. The minimum atomic E-state index is -0.738. The maximum Gasteiger partial charge on any atom is 0.306 e. The van der Waals surface area contributed by atoms with Crippen LogP contribution in [-0.2, 0) is 14.3 Å². The van der Waals surface area contributed by atoms with Crippen LogP contribution in [0.15, 0.2) is 0 Å². The van der Waals surface area contributed by atoms with Gasteiger partial charge in [-0.25, -0.2) is 0 Å². The molecule has 0 radical (unpaired) electrons. The first-order valence-corrected chi connectivity index (χ1v) is 6.76. The van der Waals surface area contributed by atoms with Gasteiger partial charge in [0.1, 0.15) is 0 Å². The lowest BCUT2D eigenvalue weighted by molar-refractivity contribution is -0.147. The lowest BCUT2D eigenvalue weighted by Crippen LogP contribution is -2.44. The van der Waals surface area contributed by atoms with Crippen LogP contribution in [0.1, 0.15) is 32.6 Å². The molecule has 2 rings (SSSR count). The van der Waals surface area contributed by atoms with Crippen molar-refractivity contribution in [1.29, 1.82) is 0 Å². The zero-order valence-electron chi connectivity index (χ0n) is 10.8. The fraction of sp³-hybridized carbons (Fsp3) is 0.846. The smallest absolute Gasteiger partial charge is 0.306 e. The van der Waals surface area contributed by atoms with Crippen LogP contribution in [0, 0.1) is 11.8 Å². The van der Waals surface area contributed by atoms with E-state index < -0.39 is 5.97 Å². The number of amides is 1. The molecule has 2 aliphatic heterocycles. The number of ether oxygens (including phenoxy) is 1. The van der Waals surface area contributed by atoms with Crippen LogP contribution < -0.4 is 0 Å². The Labute approximate surface area is 107 Å². The Bertz CT molecular complexity index is 323. The van der Waals surface area contributed by atoms with Crippen molar-refractivity contribution in [2.45, 2.75) is 38.7 Å². The number of carbonyl (C=O) groups is 2. The number of likely N-dealkylation sites (tertiary alicyclic amines) is 1. The first kappa shape index (κ1) is 13.3. The summed E-state index contributed by atoms with van der Waals surface area (Å²) in [7, 11) is 0. The summed E-state index contributed by atoms with van der Waals surface area (Å²) in [5.74, 6) is -0.881. The van der Waals surface area contributed by atoms with E-state index in [0.29, 0.717) is 32.5 Å². The van der Waals surface area contributed by atoms with Gasteiger partial charge in [0.2, 0.25) is 5.91 Å². The molecule has 18 heavy (non-hydrogen) atoms. The molecule has 2 unspecified atom stereocenters. The van der Waals surface area contributed by atoms with Crippen molar-refractivity contribution in [2.24, 2.45) is 11.8 Å². The van der Waals surface area contributed by atoms with Crippen LogP contribution in [0.5, 0.6) is 0 Å². The maximum atomic E-state index is 12.3. The topological polar surface area (TPSA) is 66.8 Å². The van der Waals surface area contributed by atoms with E-state index >= 15 is 0 Å². The lowest BCUT2D eigenvalue weighted by Gasteiger charge is -2.32. The van der Waals surface area contributed by atoms with Gasteiger partial charge in [-0.3, -0.25) is 9.59 Å². The van der Waals surface area contributed by atoms with E-state index in [1.165, 1.54) is 0 Å². The monoisotopic (exact) mass is 255 g/mol. The number of rotatable bonds is 3. The Morgan fingerprint density at radius 3 is 2.50 bits per heavy atom. The van der Waals surface area contributed by atoms with Crippen LogP contribution in [0.25, 0.3) is 0 Å². The molecule has 0 saturated carbocycles. The van der Waals surface area contributed by atoms with E-state index in [1.807, 2.05) is 11.8 Å². The third-order valence-electron chi connectivity index (χ3n) is 4.09. The first-order valence-electron chi connectivity index (χ1n) is 6.76. The highest BCUT2D eigenvalue weighted by Crippen LogP contribution is 2.27. The molecule has 2 saturated heterocycles. The number of aliphatic carboxylic acids is 1. The van der Waals surface area contributed by atoms with Gasteiger partial charge in [0, 0.05) is 19.7 Å². The summed E-state index contributed by atoms with van der Waals surface area (Å²) in [6, 6.07) is 0. The van der Waals surface area contributed by atoms with Crippen LogP contribution in [-0.4, -0.2) is 47.7 Å². The highest BCUT2D eigenvalue weighted by atomic mass is 16.5. The highest BCUT2D eigenvalue weighted by Gasteiger charge is 2.37. The van der Waals surface area contributed by atoms with Crippen LogP contribution in [0.4, 0.5) is 0 Å². The number of nitrogens with zero attached hydrogens (tertiary/aromatic N) is 1. The Balaban J connectivity index is 1.89. The average Bonchev–Trinajstić information content (AvgIpc) is 2.86. The molecule has 0 aromatic carbocycles. The second-order valence-corrected chi connectivity index (χ2v) is 5.15. The molecule has 0 aromatic heterocycles. The molecule has 1 N–H and O–H groups in total. The van der Waals surface area contributed by atoms with Crippen molar-refractivity contribution in [3.63, 3.8) is 0 Å². The second kappa shape index (κ2) is 5.69. The molecule has 2 atom stereocenters. The van der Waals surface area contributed by atoms with Gasteiger partial charge in [0.25, 0.3) is 0 Å². The predicted molar refractivity (Wildman–Crippen MR) is 65.1 cm³/mol. The Hall–Kier alpha value is -1.10. The minimum absolute atomic E-state index is 0.0172. The standard InChI is InChI=1S/C13H21NO4/c1-2-11-10(5-8-18-11)12(15)14-6-3-9(4-7-14)13(16)17/h9-11H,2-8H2,1H3,(H,16,17). The summed E-state index contributed by atoms with van der Waals surface area (Å²) < 4.78 is 5.54. The SMILES string of the molecule is CCC1OCCC1C(=O)N1CCC(C(=O)O)CC1. The van der Waals surface area contributed by atoms with E-state index in [4.69, 9.17) is 9.84 Å². The van der Waals surface area contributed by atoms with E-state index in [-0.39, 0.29) is 23.8 Å².